The lowest BCUT2D eigenvalue weighted by molar-refractivity contribution is 0.102. The van der Waals surface area contributed by atoms with E-state index in [2.05, 4.69) is 25.5 Å². The SMILES string of the molecule is N#CC(=O)c1cnc(Oc2cc(O)cc(C(=O)Nc3ccn[nH]3)c2)cn1. The van der Waals surface area contributed by atoms with E-state index < -0.39 is 11.7 Å². The molecule has 0 aliphatic rings. The van der Waals surface area contributed by atoms with Crippen molar-refractivity contribution in [1.29, 1.82) is 5.26 Å². The van der Waals surface area contributed by atoms with Gasteiger partial charge in [0.25, 0.3) is 11.7 Å². The van der Waals surface area contributed by atoms with Gasteiger partial charge in [-0.25, -0.2) is 9.97 Å². The Hall–Kier alpha value is -4.26. The van der Waals surface area contributed by atoms with E-state index in [1.54, 1.807) is 6.07 Å². The summed E-state index contributed by atoms with van der Waals surface area (Å²) >= 11 is 0. The van der Waals surface area contributed by atoms with Gasteiger partial charge in [-0.3, -0.25) is 14.7 Å². The van der Waals surface area contributed by atoms with Gasteiger partial charge in [-0.05, 0) is 12.1 Å². The van der Waals surface area contributed by atoms with Crippen LogP contribution in [0.2, 0.25) is 0 Å². The molecule has 0 aliphatic carbocycles. The zero-order valence-electron chi connectivity index (χ0n) is 13.0. The van der Waals surface area contributed by atoms with E-state index in [-0.39, 0.29) is 28.6 Å². The van der Waals surface area contributed by atoms with E-state index in [0.29, 0.717) is 5.82 Å². The van der Waals surface area contributed by atoms with E-state index in [1.807, 2.05) is 0 Å². The molecule has 0 fully saturated rings. The van der Waals surface area contributed by atoms with Gasteiger partial charge in [0.1, 0.15) is 29.1 Å². The molecule has 3 aromatic rings. The van der Waals surface area contributed by atoms with E-state index in [1.165, 1.54) is 30.5 Å². The van der Waals surface area contributed by atoms with Gasteiger partial charge in [0, 0.05) is 17.7 Å². The normalized spacial score (nSPS) is 9.96. The highest BCUT2D eigenvalue weighted by atomic mass is 16.5. The van der Waals surface area contributed by atoms with Crippen LogP contribution in [-0.2, 0) is 0 Å². The molecule has 26 heavy (non-hydrogen) atoms. The fourth-order valence-electron chi connectivity index (χ4n) is 1.96. The molecule has 3 N–H and O–H groups in total. The number of H-pyrrole nitrogens is 1. The summed E-state index contributed by atoms with van der Waals surface area (Å²) < 4.78 is 5.43. The Bertz CT molecular complexity index is 993. The number of ether oxygens (including phenoxy) is 1. The van der Waals surface area contributed by atoms with Crippen LogP contribution in [0.25, 0.3) is 0 Å². The van der Waals surface area contributed by atoms with Gasteiger partial charge in [0.05, 0.1) is 18.6 Å². The van der Waals surface area contributed by atoms with Crippen molar-refractivity contribution in [2.24, 2.45) is 0 Å². The minimum Gasteiger partial charge on any atom is -0.508 e. The number of nitriles is 1. The van der Waals surface area contributed by atoms with E-state index in [9.17, 15) is 14.7 Å². The third-order valence-corrected chi connectivity index (χ3v) is 3.09. The van der Waals surface area contributed by atoms with Crippen molar-refractivity contribution >= 4 is 17.5 Å². The lowest BCUT2D eigenvalue weighted by Crippen LogP contribution is -2.12. The first-order valence-corrected chi connectivity index (χ1v) is 7.14. The topological polar surface area (TPSA) is 154 Å². The van der Waals surface area contributed by atoms with E-state index in [0.717, 1.165) is 12.4 Å². The van der Waals surface area contributed by atoms with Crippen molar-refractivity contribution in [2.45, 2.75) is 0 Å². The van der Waals surface area contributed by atoms with Crippen LogP contribution in [0.4, 0.5) is 5.82 Å². The van der Waals surface area contributed by atoms with Crippen molar-refractivity contribution in [3.05, 3.63) is 54.1 Å². The number of carbonyl (C=O) groups is 2. The smallest absolute Gasteiger partial charge is 0.282 e. The molecule has 0 unspecified atom stereocenters. The number of nitrogens with one attached hydrogen (secondary N) is 2. The predicted octanol–water partition coefficient (Wildman–Crippen LogP) is 1.66. The minimum absolute atomic E-state index is 0.0185. The summed E-state index contributed by atoms with van der Waals surface area (Å²) in [5.41, 5.74) is 0.0224. The zero-order chi connectivity index (χ0) is 18.5. The molecule has 1 amide bonds. The van der Waals surface area contributed by atoms with Gasteiger partial charge < -0.3 is 15.2 Å². The Morgan fingerprint density at radius 1 is 1.23 bits per heavy atom. The van der Waals surface area contributed by atoms with Crippen molar-refractivity contribution in [3.8, 4) is 23.4 Å². The quantitative estimate of drug-likeness (QED) is 0.463. The standard InChI is InChI=1S/C16H10N6O4/c17-6-13(24)12-7-19-15(8-18-12)26-11-4-9(3-10(23)5-11)16(25)21-14-1-2-20-22-14/h1-5,7-8,23H,(H2,20,21,22,25). The molecule has 3 rings (SSSR count). The number of benzene rings is 1. The number of aromatic hydroxyl groups is 1. The van der Waals surface area contributed by atoms with Crippen LogP contribution < -0.4 is 10.1 Å². The number of aromatic nitrogens is 4. The minimum atomic E-state index is -0.820. The number of ketones is 1. The van der Waals surface area contributed by atoms with Crippen molar-refractivity contribution < 1.29 is 19.4 Å². The highest BCUT2D eigenvalue weighted by Gasteiger charge is 2.12. The second-order valence-corrected chi connectivity index (χ2v) is 4.92. The number of anilines is 1. The first-order valence-electron chi connectivity index (χ1n) is 7.14. The summed E-state index contributed by atoms with van der Waals surface area (Å²) in [6, 6.07) is 6.93. The molecule has 0 spiro atoms. The summed E-state index contributed by atoms with van der Waals surface area (Å²) in [5, 5.41) is 27.2. The summed E-state index contributed by atoms with van der Waals surface area (Å²) in [6.45, 7) is 0. The summed E-state index contributed by atoms with van der Waals surface area (Å²) in [7, 11) is 0. The molecular weight excluding hydrogens is 340 g/mol. The molecule has 128 valence electrons. The Morgan fingerprint density at radius 3 is 2.73 bits per heavy atom. The monoisotopic (exact) mass is 350 g/mol. The lowest BCUT2D eigenvalue weighted by atomic mass is 10.2. The van der Waals surface area contributed by atoms with Gasteiger partial charge in [-0.1, -0.05) is 0 Å². The number of hydrogen-bond donors (Lipinski definition) is 3. The largest absolute Gasteiger partial charge is 0.508 e. The predicted molar refractivity (Wildman–Crippen MR) is 86.7 cm³/mol. The van der Waals surface area contributed by atoms with Gasteiger partial charge in [0.15, 0.2) is 0 Å². The highest BCUT2D eigenvalue weighted by molar-refractivity contribution is 6.06. The van der Waals surface area contributed by atoms with Gasteiger partial charge in [-0.2, -0.15) is 10.4 Å². The van der Waals surface area contributed by atoms with Crippen LogP contribution >= 0.6 is 0 Å². The van der Waals surface area contributed by atoms with Crippen molar-refractivity contribution in [1.82, 2.24) is 20.2 Å². The van der Waals surface area contributed by atoms with Gasteiger partial charge >= 0.3 is 0 Å². The molecule has 10 heteroatoms. The van der Waals surface area contributed by atoms with E-state index in [4.69, 9.17) is 10.00 Å². The van der Waals surface area contributed by atoms with Crippen LogP contribution in [0.3, 0.4) is 0 Å². The average Bonchev–Trinajstić information content (AvgIpc) is 3.14. The second-order valence-electron chi connectivity index (χ2n) is 4.92. The number of rotatable bonds is 5. The number of hydrogen-bond acceptors (Lipinski definition) is 8. The molecule has 2 heterocycles. The number of nitrogens with zero attached hydrogens (tertiary/aromatic N) is 4. The lowest BCUT2D eigenvalue weighted by Gasteiger charge is -2.08. The fourth-order valence-corrected chi connectivity index (χ4v) is 1.96. The molecule has 0 bridgehead atoms. The number of phenolic OH excluding ortho intramolecular Hbond substituents is 1. The summed E-state index contributed by atoms with van der Waals surface area (Å²) in [5.74, 6) is -0.959. The molecule has 0 atom stereocenters. The van der Waals surface area contributed by atoms with Crippen molar-refractivity contribution in [3.63, 3.8) is 0 Å². The third kappa shape index (κ3) is 3.80. The molecule has 0 saturated heterocycles. The second kappa shape index (κ2) is 7.10. The molecule has 1 aromatic carbocycles. The van der Waals surface area contributed by atoms with Crippen LogP contribution in [0, 0.1) is 11.3 Å². The summed E-state index contributed by atoms with van der Waals surface area (Å²) in [6.07, 6.45) is 3.72. The maximum atomic E-state index is 12.2. The molecule has 0 radical (unpaired) electrons. The number of phenols is 1. The van der Waals surface area contributed by atoms with Gasteiger partial charge in [-0.15, -0.1) is 0 Å². The van der Waals surface area contributed by atoms with E-state index >= 15 is 0 Å². The van der Waals surface area contributed by atoms with Crippen LogP contribution in [-0.4, -0.2) is 37.0 Å². The third-order valence-electron chi connectivity index (χ3n) is 3.09. The molecule has 2 aromatic heterocycles. The number of amides is 1. The van der Waals surface area contributed by atoms with Crippen LogP contribution in [0.5, 0.6) is 17.4 Å². The Balaban J connectivity index is 1.78. The maximum absolute atomic E-state index is 12.2. The first-order chi connectivity index (χ1) is 12.5. The van der Waals surface area contributed by atoms with Crippen molar-refractivity contribution in [2.75, 3.05) is 5.32 Å². The Morgan fingerprint density at radius 2 is 2.08 bits per heavy atom. The summed E-state index contributed by atoms with van der Waals surface area (Å²) in [4.78, 5) is 31.0. The molecule has 10 nitrogen and oxygen atoms in total. The maximum Gasteiger partial charge on any atom is 0.282 e. The molecule has 0 aliphatic heterocycles. The van der Waals surface area contributed by atoms with Crippen LogP contribution in [0.15, 0.2) is 42.9 Å². The fraction of sp³-hybridized carbons (Fsp3) is 0. The first kappa shape index (κ1) is 16.6. The molecular formula is C16H10N6O4. The average molecular weight is 350 g/mol. The number of carbonyl (C=O) groups excluding carboxylic acids is 2. The number of Topliss-reactive ketones (excluding diaryl/α,β-unsaturated/α-hetero) is 1. The zero-order valence-corrected chi connectivity index (χ0v) is 13.0. The van der Waals surface area contributed by atoms with Gasteiger partial charge in [0.2, 0.25) is 5.88 Å². The molecule has 0 saturated carbocycles. The number of aromatic amines is 1. The van der Waals surface area contributed by atoms with Crippen LogP contribution in [0.1, 0.15) is 20.8 Å². The Kier molecular flexibility index (Phi) is 4.53. The highest BCUT2D eigenvalue weighted by Crippen LogP contribution is 2.26. The Labute approximate surface area is 146 Å².